The molecular weight excluding hydrogens is 268 g/mol. The molecule has 0 saturated heterocycles. The van der Waals surface area contributed by atoms with E-state index >= 15 is 0 Å². The van der Waals surface area contributed by atoms with Gasteiger partial charge in [0.1, 0.15) is 0 Å². The number of nitrogens with one attached hydrogen (secondary N) is 1. The Morgan fingerprint density at radius 3 is 2.80 bits per heavy atom. The number of carbonyl (C=O) groups excluding carboxylic acids is 1. The summed E-state index contributed by atoms with van der Waals surface area (Å²) in [5, 5.41) is 3.12. The maximum atomic E-state index is 12.3. The van der Waals surface area contributed by atoms with Crippen molar-refractivity contribution in [3.05, 3.63) is 40.9 Å². The third-order valence-corrected chi connectivity index (χ3v) is 4.73. The van der Waals surface area contributed by atoms with Crippen LogP contribution in [0.4, 0.5) is 0 Å². The van der Waals surface area contributed by atoms with Gasteiger partial charge in [0.05, 0.1) is 10.6 Å². The Bertz CT molecular complexity index is 614. The minimum Gasteiger partial charge on any atom is -0.349 e. The molecule has 2 aromatic heterocycles. The lowest BCUT2D eigenvalue weighted by Crippen LogP contribution is -2.32. The molecule has 2 heterocycles. The van der Waals surface area contributed by atoms with Crippen LogP contribution in [0.5, 0.6) is 0 Å². The summed E-state index contributed by atoms with van der Waals surface area (Å²) >= 11 is 1.70. The molecule has 1 amide bonds. The SMILES string of the molecule is Cc1ccc(-c2cc(C(=O)NC3CCCC3)ccn2)s1. The molecule has 20 heavy (non-hydrogen) atoms. The van der Waals surface area contributed by atoms with E-state index in [0.29, 0.717) is 11.6 Å². The number of hydrogen-bond acceptors (Lipinski definition) is 3. The number of rotatable bonds is 3. The minimum absolute atomic E-state index is 0.0221. The van der Waals surface area contributed by atoms with Crippen LogP contribution >= 0.6 is 11.3 Å². The van der Waals surface area contributed by atoms with E-state index in [1.165, 1.54) is 17.7 Å². The molecule has 1 aliphatic carbocycles. The summed E-state index contributed by atoms with van der Waals surface area (Å²) < 4.78 is 0. The van der Waals surface area contributed by atoms with Gasteiger partial charge in [0.25, 0.3) is 5.91 Å². The van der Waals surface area contributed by atoms with Crippen molar-refractivity contribution in [2.75, 3.05) is 0 Å². The molecule has 3 rings (SSSR count). The van der Waals surface area contributed by atoms with Gasteiger partial charge in [-0.2, -0.15) is 0 Å². The maximum Gasteiger partial charge on any atom is 0.251 e. The Morgan fingerprint density at radius 1 is 1.30 bits per heavy atom. The number of aromatic nitrogens is 1. The van der Waals surface area contributed by atoms with Crippen LogP contribution in [0.25, 0.3) is 10.6 Å². The molecule has 104 valence electrons. The molecule has 0 aliphatic heterocycles. The molecule has 4 heteroatoms. The highest BCUT2D eigenvalue weighted by atomic mass is 32.1. The fourth-order valence-corrected chi connectivity index (χ4v) is 3.45. The molecule has 1 fully saturated rings. The predicted octanol–water partition coefficient (Wildman–Crippen LogP) is 3.79. The van der Waals surface area contributed by atoms with E-state index < -0.39 is 0 Å². The molecule has 0 radical (unpaired) electrons. The van der Waals surface area contributed by atoms with Crippen molar-refractivity contribution in [2.45, 2.75) is 38.6 Å². The molecule has 0 unspecified atom stereocenters. The summed E-state index contributed by atoms with van der Waals surface area (Å²) in [6.45, 7) is 2.07. The van der Waals surface area contributed by atoms with Crippen LogP contribution in [0.2, 0.25) is 0 Å². The van der Waals surface area contributed by atoms with E-state index in [1.807, 2.05) is 6.07 Å². The zero-order valence-corrected chi connectivity index (χ0v) is 12.4. The van der Waals surface area contributed by atoms with Gasteiger partial charge in [0, 0.05) is 22.7 Å². The Morgan fingerprint density at radius 2 is 2.10 bits per heavy atom. The lowest BCUT2D eigenvalue weighted by Gasteiger charge is -2.12. The average molecular weight is 286 g/mol. The van der Waals surface area contributed by atoms with E-state index in [0.717, 1.165) is 23.4 Å². The van der Waals surface area contributed by atoms with E-state index in [1.54, 1.807) is 23.6 Å². The zero-order chi connectivity index (χ0) is 13.9. The Kier molecular flexibility index (Phi) is 3.83. The number of thiophene rings is 1. The van der Waals surface area contributed by atoms with Crippen LogP contribution in [-0.2, 0) is 0 Å². The number of hydrogen-bond donors (Lipinski definition) is 1. The zero-order valence-electron chi connectivity index (χ0n) is 11.6. The van der Waals surface area contributed by atoms with E-state index in [-0.39, 0.29) is 5.91 Å². The highest BCUT2D eigenvalue weighted by molar-refractivity contribution is 7.15. The summed E-state index contributed by atoms with van der Waals surface area (Å²) in [7, 11) is 0. The van der Waals surface area contributed by atoms with Gasteiger partial charge in [0.15, 0.2) is 0 Å². The van der Waals surface area contributed by atoms with Gasteiger partial charge in [-0.05, 0) is 44.0 Å². The fraction of sp³-hybridized carbons (Fsp3) is 0.375. The molecule has 0 aromatic carbocycles. The molecule has 0 bridgehead atoms. The molecule has 1 N–H and O–H groups in total. The first-order chi connectivity index (χ1) is 9.72. The number of pyridine rings is 1. The van der Waals surface area contributed by atoms with Crippen LogP contribution in [0.3, 0.4) is 0 Å². The van der Waals surface area contributed by atoms with E-state index in [9.17, 15) is 4.79 Å². The van der Waals surface area contributed by atoms with Crippen LogP contribution in [0.15, 0.2) is 30.5 Å². The molecule has 1 saturated carbocycles. The summed E-state index contributed by atoms with van der Waals surface area (Å²) in [5.41, 5.74) is 1.58. The second kappa shape index (κ2) is 5.75. The van der Waals surface area contributed by atoms with Crippen molar-refractivity contribution in [3.63, 3.8) is 0 Å². The maximum absolute atomic E-state index is 12.3. The quantitative estimate of drug-likeness (QED) is 0.932. The van der Waals surface area contributed by atoms with Crippen molar-refractivity contribution in [1.29, 1.82) is 0 Å². The monoisotopic (exact) mass is 286 g/mol. The molecule has 1 aliphatic rings. The molecular formula is C16H18N2OS. The minimum atomic E-state index is 0.0221. The average Bonchev–Trinajstić information content (AvgIpc) is 3.10. The number of amides is 1. The van der Waals surface area contributed by atoms with Crippen LogP contribution in [0.1, 0.15) is 40.9 Å². The molecule has 0 atom stereocenters. The number of nitrogens with zero attached hydrogens (tertiary/aromatic N) is 1. The third-order valence-electron chi connectivity index (χ3n) is 3.71. The summed E-state index contributed by atoms with van der Waals surface area (Å²) in [5.74, 6) is 0.0221. The Balaban J connectivity index is 1.78. The van der Waals surface area contributed by atoms with Crippen LogP contribution in [0, 0.1) is 6.92 Å². The number of carbonyl (C=O) groups is 1. The van der Waals surface area contributed by atoms with Crippen molar-refractivity contribution in [1.82, 2.24) is 10.3 Å². The normalized spacial score (nSPS) is 15.4. The highest BCUT2D eigenvalue weighted by Gasteiger charge is 2.18. The van der Waals surface area contributed by atoms with E-state index in [2.05, 4.69) is 29.4 Å². The van der Waals surface area contributed by atoms with Crippen molar-refractivity contribution in [2.24, 2.45) is 0 Å². The standard InChI is InChI=1S/C16H18N2OS/c1-11-6-7-15(20-11)14-10-12(8-9-17-14)16(19)18-13-4-2-3-5-13/h6-10,13H,2-5H2,1H3,(H,18,19). The summed E-state index contributed by atoms with van der Waals surface area (Å²) in [6, 6.07) is 8.15. The van der Waals surface area contributed by atoms with E-state index in [4.69, 9.17) is 0 Å². The smallest absolute Gasteiger partial charge is 0.251 e. The second-order valence-corrected chi connectivity index (χ2v) is 6.58. The predicted molar refractivity (Wildman–Crippen MR) is 82.0 cm³/mol. The fourth-order valence-electron chi connectivity index (χ4n) is 2.62. The largest absolute Gasteiger partial charge is 0.349 e. The van der Waals surface area contributed by atoms with Gasteiger partial charge in [-0.15, -0.1) is 11.3 Å². The molecule has 0 spiro atoms. The summed E-state index contributed by atoms with van der Waals surface area (Å²) in [4.78, 5) is 19.0. The topological polar surface area (TPSA) is 42.0 Å². The van der Waals surface area contributed by atoms with Gasteiger partial charge >= 0.3 is 0 Å². The van der Waals surface area contributed by atoms with Gasteiger partial charge < -0.3 is 5.32 Å². The second-order valence-electron chi connectivity index (χ2n) is 5.29. The Labute approximate surface area is 123 Å². The van der Waals surface area contributed by atoms with Crippen molar-refractivity contribution in [3.8, 4) is 10.6 Å². The lowest BCUT2D eigenvalue weighted by molar-refractivity contribution is 0.0938. The first-order valence-corrected chi connectivity index (χ1v) is 7.88. The van der Waals surface area contributed by atoms with Crippen molar-refractivity contribution >= 4 is 17.2 Å². The van der Waals surface area contributed by atoms with Gasteiger partial charge in [0.2, 0.25) is 0 Å². The molecule has 3 nitrogen and oxygen atoms in total. The first kappa shape index (κ1) is 13.3. The van der Waals surface area contributed by atoms with Gasteiger partial charge in [-0.3, -0.25) is 9.78 Å². The first-order valence-electron chi connectivity index (χ1n) is 7.06. The van der Waals surface area contributed by atoms with Crippen LogP contribution < -0.4 is 5.32 Å². The van der Waals surface area contributed by atoms with Gasteiger partial charge in [-0.1, -0.05) is 12.8 Å². The molecule has 2 aromatic rings. The Hall–Kier alpha value is -1.68. The summed E-state index contributed by atoms with van der Waals surface area (Å²) in [6.07, 6.45) is 6.37. The van der Waals surface area contributed by atoms with Gasteiger partial charge in [-0.25, -0.2) is 0 Å². The van der Waals surface area contributed by atoms with Crippen molar-refractivity contribution < 1.29 is 4.79 Å². The third kappa shape index (κ3) is 2.90. The highest BCUT2D eigenvalue weighted by Crippen LogP contribution is 2.26. The lowest BCUT2D eigenvalue weighted by atomic mass is 10.1. The van der Waals surface area contributed by atoms with Crippen LogP contribution in [-0.4, -0.2) is 16.9 Å². The number of aryl methyl sites for hydroxylation is 1.